The van der Waals surface area contributed by atoms with Gasteiger partial charge in [-0.25, -0.2) is 4.79 Å². The first-order valence-electron chi connectivity index (χ1n) is 4.91. The standard InChI is InChI=1S/C10H12F3NO3/c1-16-6-4-8(17-9(15)5-6)7(14)2-3-10(11,12)13/h4-5,7H,2-3,14H2,1H3/p+1. The predicted molar refractivity (Wildman–Crippen MR) is 52.4 cm³/mol. The Morgan fingerprint density at radius 3 is 2.65 bits per heavy atom. The van der Waals surface area contributed by atoms with Crippen LogP contribution in [-0.2, 0) is 0 Å². The number of alkyl halides is 3. The van der Waals surface area contributed by atoms with E-state index in [9.17, 15) is 18.0 Å². The summed E-state index contributed by atoms with van der Waals surface area (Å²) in [6.07, 6.45) is -5.45. The highest BCUT2D eigenvalue weighted by Gasteiger charge is 2.29. The third-order valence-corrected chi connectivity index (χ3v) is 2.18. The summed E-state index contributed by atoms with van der Waals surface area (Å²) < 4.78 is 45.6. The molecule has 3 N–H and O–H groups in total. The van der Waals surface area contributed by atoms with Gasteiger partial charge in [0, 0.05) is 18.9 Å². The van der Waals surface area contributed by atoms with Crippen LogP contribution in [0.3, 0.4) is 0 Å². The number of hydrogen-bond donors (Lipinski definition) is 1. The zero-order chi connectivity index (χ0) is 13.1. The van der Waals surface area contributed by atoms with Crippen LogP contribution >= 0.6 is 0 Å². The van der Waals surface area contributed by atoms with Crippen LogP contribution in [0.15, 0.2) is 21.3 Å². The third kappa shape index (κ3) is 4.48. The monoisotopic (exact) mass is 252 g/mol. The second-order valence-electron chi connectivity index (χ2n) is 3.57. The van der Waals surface area contributed by atoms with Crippen LogP contribution in [0, 0.1) is 0 Å². The lowest BCUT2D eigenvalue weighted by Crippen LogP contribution is -2.53. The zero-order valence-electron chi connectivity index (χ0n) is 9.21. The van der Waals surface area contributed by atoms with Crippen LogP contribution in [0.1, 0.15) is 24.6 Å². The van der Waals surface area contributed by atoms with Crippen molar-refractivity contribution >= 4 is 0 Å². The zero-order valence-corrected chi connectivity index (χ0v) is 9.21. The van der Waals surface area contributed by atoms with Crippen molar-refractivity contribution in [3.8, 4) is 5.75 Å². The highest BCUT2D eigenvalue weighted by molar-refractivity contribution is 5.21. The van der Waals surface area contributed by atoms with Crippen LogP contribution in [0.25, 0.3) is 0 Å². The van der Waals surface area contributed by atoms with Gasteiger partial charge in [-0.15, -0.1) is 0 Å². The number of methoxy groups -OCH3 is 1. The minimum absolute atomic E-state index is 0.0959. The Morgan fingerprint density at radius 2 is 2.12 bits per heavy atom. The summed E-state index contributed by atoms with van der Waals surface area (Å²) >= 11 is 0. The lowest BCUT2D eigenvalue weighted by molar-refractivity contribution is -0.434. The summed E-state index contributed by atoms with van der Waals surface area (Å²) in [4.78, 5) is 11.1. The van der Waals surface area contributed by atoms with E-state index in [-0.39, 0.29) is 17.9 Å². The molecular formula is C10H13F3NO3+. The molecule has 0 aliphatic rings. The van der Waals surface area contributed by atoms with Crippen molar-refractivity contribution in [2.45, 2.75) is 25.1 Å². The smallest absolute Gasteiger partial charge is 0.389 e. The van der Waals surface area contributed by atoms with Crippen molar-refractivity contribution < 1.29 is 28.1 Å². The molecule has 17 heavy (non-hydrogen) atoms. The Hall–Kier alpha value is -1.50. The predicted octanol–water partition coefficient (Wildman–Crippen LogP) is 1.27. The van der Waals surface area contributed by atoms with Gasteiger partial charge in [0.2, 0.25) is 0 Å². The molecule has 0 saturated carbocycles. The van der Waals surface area contributed by atoms with Gasteiger partial charge in [0.15, 0.2) is 5.76 Å². The molecule has 0 spiro atoms. The van der Waals surface area contributed by atoms with Gasteiger partial charge in [-0.2, -0.15) is 13.2 Å². The largest absolute Gasteiger partial charge is 0.496 e. The van der Waals surface area contributed by atoms with Gasteiger partial charge in [-0.05, 0) is 0 Å². The van der Waals surface area contributed by atoms with Crippen LogP contribution in [0.5, 0.6) is 5.75 Å². The van der Waals surface area contributed by atoms with Gasteiger partial charge in [-0.1, -0.05) is 0 Å². The van der Waals surface area contributed by atoms with E-state index in [0.717, 1.165) is 6.07 Å². The van der Waals surface area contributed by atoms with Crippen LogP contribution in [0.4, 0.5) is 13.2 Å². The molecule has 0 amide bonds. The molecule has 1 aromatic heterocycles. The van der Waals surface area contributed by atoms with Crippen LogP contribution in [-0.4, -0.2) is 13.3 Å². The van der Waals surface area contributed by atoms with Crippen molar-refractivity contribution in [3.63, 3.8) is 0 Å². The molecule has 0 fully saturated rings. The Labute approximate surface area is 95.2 Å². The van der Waals surface area contributed by atoms with Crippen molar-refractivity contribution in [2.75, 3.05) is 7.11 Å². The minimum atomic E-state index is -4.24. The summed E-state index contributed by atoms with van der Waals surface area (Å²) in [7, 11) is 1.35. The van der Waals surface area contributed by atoms with E-state index in [0.29, 0.717) is 0 Å². The molecule has 1 heterocycles. The van der Waals surface area contributed by atoms with E-state index in [1.54, 1.807) is 0 Å². The molecule has 0 aliphatic heterocycles. The lowest BCUT2D eigenvalue weighted by Gasteiger charge is -2.10. The normalized spacial score (nSPS) is 13.5. The lowest BCUT2D eigenvalue weighted by atomic mass is 10.1. The van der Waals surface area contributed by atoms with E-state index < -0.39 is 24.3 Å². The van der Waals surface area contributed by atoms with Crippen LogP contribution < -0.4 is 16.1 Å². The molecule has 0 aromatic carbocycles. The Kier molecular flexibility index (Phi) is 4.17. The fourth-order valence-corrected chi connectivity index (χ4v) is 1.27. The molecule has 96 valence electrons. The van der Waals surface area contributed by atoms with Gasteiger partial charge in [-0.3, -0.25) is 0 Å². The van der Waals surface area contributed by atoms with E-state index >= 15 is 0 Å². The number of quaternary nitrogens is 1. The highest BCUT2D eigenvalue weighted by Crippen LogP contribution is 2.26. The summed E-state index contributed by atoms with van der Waals surface area (Å²) in [5.41, 5.74) is 2.87. The number of hydrogen-bond acceptors (Lipinski definition) is 3. The summed E-state index contributed by atoms with van der Waals surface area (Å²) in [6, 6.07) is 1.74. The first-order valence-corrected chi connectivity index (χ1v) is 4.91. The molecule has 0 saturated heterocycles. The second-order valence-corrected chi connectivity index (χ2v) is 3.57. The quantitative estimate of drug-likeness (QED) is 0.877. The van der Waals surface area contributed by atoms with E-state index in [2.05, 4.69) is 5.73 Å². The maximum absolute atomic E-state index is 12.0. The first kappa shape index (κ1) is 13.6. The van der Waals surface area contributed by atoms with E-state index in [1.807, 2.05) is 0 Å². The van der Waals surface area contributed by atoms with Gasteiger partial charge < -0.3 is 14.9 Å². The Balaban J connectivity index is 2.78. The number of ether oxygens (including phenoxy) is 1. The molecule has 0 aliphatic carbocycles. The molecule has 7 heteroatoms. The van der Waals surface area contributed by atoms with Crippen molar-refractivity contribution in [1.29, 1.82) is 0 Å². The Bertz CT molecular complexity index is 428. The molecule has 1 unspecified atom stereocenters. The number of halogens is 3. The van der Waals surface area contributed by atoms with Crippen LogP contribution in [0.2, 0.25) is 0 Å². The van der Waals surface area contributed by atoms with E-state index in [1.165, 1.54) is 13.2 Å². The van der Waals surface area contributed by atoms with Gasteiger partial charge in [0.25, 0.3) is 0 Å². The SMILES string of the molecule is COc1cc(C([NH3+])CCC(F)(F)F)oc(=O)c1. The third-order valence-electron chi connectivity index (χ3n) is 2.18. The average molecular weight is 252 g/mol. The molecule has 4 nitrogen and oxygen atoms in total. The molecule has 0 radical (unpaired) electrons. The topological polar surface area (TPSA) is 67.1 Å². The van der Waals surface area contributed by atoms with Crippen molar-refractivity contribution in [2.24, 2.45) is 0 Å². The summed E-state index contributed by atoms with van der Waals surface area (Å²) in [5.74, 6) is 0.343. The Morgan fingerprint density at radius 1 is 1.47 bits per heavy atom. The summed E-state index contributed by atoms with van der Waals surface area (Å²) in [6.45, 7) is 0. The first-order chi connectivity index (χ1) is 7.81. The molecule has 1 atom stereocenters. The molecule has 0 bridgehead atoms. The van der Waals surface area contributed by atoms with E-state index in [4.69, 9.17) is 9.15 Å². The average Bonchev–Trinajstić information content (AvgIpc) is 2.23. The highest BCUT2D eigenvalue weighted by atomic mass is 19.4. The van der Waals surface area contributed by atoms with Crippen molar-refractivity contribution in [3.05, 3.63) is 28.3 Å². The van der Waals surface area contributed by atoms with Gasteiger partial charge >= 0.3 is 11.8 Å². The van der Waals surface area contributed by atoms with Gasteiger partial charge in [0.1, 0.15) is 11.8 Å². The fraction of sp³-hybridized carbons (Fsp3) is 0.500. The number of rotatable bonds is 4. The fourth-order valence-electron chi connectivity index (χ4n) is 1.27. The van der Waals surface area contributed by atoms with Crippen molar-refractivity contribution in [1.82, 2.24) is 0 Å². The minimum Gasteiger partial charge on any atom is -0.496 e. The van der Waals surface area contributed by atoms with Gasteiger partial charge in [0.05, 0.1) is 13.2 Å². The maximum Gasteiger partial charge on any atom is 0.389 e. The second kappa shape index (κ2) is 5.22. The maximum atomic E-state index is 12.0. The molecule has 1 rings (SSSR count). The molecular weight excluding hydrogens is 239 g/mol. The summed E-state index contributed by atoms with van der Waals surface area (Å²) in [5, 5.41) is 0. The molecule has 1 aromatic rings.